The van der Waals surface area contributed by atoms with Crippen LogP contribution in [0.3, 0.4) is 0 Å². The summed E-state index contributed by atoms with van der Waals surface area (Å²) in [5.41, 5.74) is 2.23. The third-order valence-electron chi connectivity index (χ3n) is 5.52. The zero-order chi connectivity index (χ0) is 20.5. The van der Waals surface area contributed by atoms with Gasteiger partial charge >= 0.3 is 0 Å². The van der Waals surface area contributed by atoms with Crippen LogP contribution in [0.25, 0.3) is 5.69 Å². The third-order valence-corrected chi connectivity index (χ3v) is 5.52. The van der Waals surface area contributed by atoms with Gasteiger partial charge in [0, 0.05) is 52.6 Å². The normalized spacial score (nSPS) is 15.6. The summed E-state index contributed by atoms with van der Waals surface area (Å²) in [6.07, 6.45) is 6.45. The number of aromatic nitrogens is 2. The summed E-state index contributed by atoms with van der Waals surface area (Å²) in [6, 6.07) is 10.2. The Balaban J connectivity index is 0.00000320. The number of methoxy groups -OCH3 is 1. The van der Waals surface area contributed by atoms with Crippen LogP contribution < -0.4 is 5.32 Å². The number of nitrogens with zero attached hydrogens (tertiary/aromatic N) is 5. The molecule has 0 unspecified atom stereocenters. The van der Waals surface area contributed by atoms with Gasteiger partial charge in [-0.05, 0) is 44.0 Å². The van der Waals surface area contributed by atoms with Crippen LogP contribution in [-0.4, -0.2) is 79.5 Å². The molecule has 0 saturated carbocycles. The molecule has 30 heavy (non-hydrogen) atoms. The molecular formula is C22H35IN6O. The molecule has 0 radical (unpaired) electrons. The number of rotatable bonds is 8. The second kappa shape index (κ2) is 12.9. The number of piperidine rings is 1. The van der Waals surface area contributed by atoms with Gasteiger partial charge in [-0.15, -0.1) is 24.0 Å². The first-order valence-corrected chi connectivity index (χ1v) is 10.4. The summed E-state index contributed by atoms with van der Waals surface area (Å²) >= 11 is 0. The second-order valence-electron chi connectivity index (χ2n) is 7.69. The molecule has 0 bridgehead atoms. The monoisotopic (exact) mass is 526 g/mol. The Hall–Kier alpha value is -1.65. The van der Waals surface area contributed by atoms with Crippen molar-refractivity contribution < 1.29 is 4.74 Å². The van der Waals surface area contributed by atoms with E-state index in [-0.39, 0.29) is 24.0 Å². The topological polar surface area (TPSA) is 57.9 Å². The van der Waals surface area contributed by atoms with Gasteiger partial charge in [0.25, 0.3) is 0 Å². The highest BCUT2D eigenvalue weighted by Gasteiger charge is 2.19. The van der Waals surface area contributed by atoms with Gasteiger partial charge in [-0.25, -0.2) is 4.68 Å². The lowest BCUT2D eigenvalue weighted by molar-refractivity contribution is 0.120. The van der Waals surface area contributed by atoms with Gasteiger partial charge in [-0.1, -0.05) is 18.2 Å². The van der Waals surface area contributed by atoms with Gasteiger partial charge in [-0.2, -0.15) is 5.10 Å². The Morgan fingerprint density at radius 2 is 2.00 bits per heavy atom. The Bertz CT molecular complexity index is 758. The molecule has 0 atom stereocenters. The Morgan fingerprint density at radius 3 is 2.67 bits per heavy atom. The largest absolute Gasteiger partial charge is 0.383 e. The Labute approximate surface area is 197 Å². The van der Waals surface area contributed by atoms with Gasteiger partial charge in [0.15, 0.2) is 5.96 Å². The van der Waals surface area contributed by atoms with Gasteiger partial charge in [0.05, 0.1) is 18.5 Å². The number of guanidine groups is 1. The maximum Gasteiger partial charge on any atom is 0.193 e. The van der Waals surface area contributed by atoms with E-state index in [0.29, 0.717) is 5.92 Å². The number of para-hydroxylation sites is 1. The lowest BCUT2D eigenvalue weighted by Crippen LogP contribution is -2.43. The number of halogens is 1. The smallest absolute Gasteiger partial charge is 0.193 e. The number of nitrogens with one attached hydrogen (secondary N) is 1. The summed E-state index contributed by atoms with van der Waals surface area (Å²) < 4.78 is 7.10. The van der Waals surface area contributed by atoms with Crippen molar-refractivity contribution in [2.45, 2.75) is 19.4 Å². The Morgan fingerprint density at radius 1 is 1.27 bits per heavy atom. The van der Waals surface area contributed by atoms with Crippen molar-refractivity contribution in [1.29, 1.82) is 0 Å². The van der Waals surface area contributed by atoms with E-state index in [1.54, 1.807) is 7.11 Å². The molecule has 8 heteroatoms. The van der Waals surface area contributed by atoms with E-state index in [9.17, 15) is 0 Å². The molecule has 7 nitrogen and oxygen atoms in total. The predicted molar refractivity (Wildman–Crippen MR) is 133 cm³/mol. The fourth-order valence-electron chi connectivity index (χ4n) is 3.77. The summed E-state index contributed by atoms with van der Waals surface area (Å²) in [7, 11) is 5.69. The minimum Gasteiger partial charge on any atom is -0.383 e. The standard InChI is InChI=1S/C22H34N6O.HI/c1-23-22(24-15-19-9-11-27(12-10-19)13-14-29-3)26(2)17-20-16-25-28(18-20)21-7-5-4-6-8-21;/h4-8,16,18-19H,9-15,17H2,1-3H3,(H,23,24);1H. The maximum absolute atomic E-state index is 5.19. The second-order valence-corrected chi connectivity index (χ2v) is 7.69. The summed E-state index contributed by atoms with van der Waals surface area (Å²) in [6.45, 7) is 5.91. The SMILES string of the molecule is CN=C(NCC1CCN(CCOC)CC1)N(C)Cc1cnn(-c2ccccc2)c1.I. The van der Waals surface area contributed by atoms with E-state index in [1.807, 2.05) is 36.1 Å². The van der Waals surface area contributed by atoms with Crippen molar-refractivity contribution in [1.82, 2.24) is 24.9 Å². The quantitative estimate of drug-likeness (QED) is 0.326. The van der Waals surface area contributed by atoms with Crippen LogP contribution in [0.5, 0.6) is 0 Å². The molecule has 166 valence electrons. The minimum absolute atomic E-state index is 0. The average Bonchev–Trinajstić information content (AvgIpc) is 3.22. The number of hydrogen-bond acceptors (Lipinski definition) is 4. The van der Waals surface area contributed by atoms with Gasteiger partial charge in [-0.3, -0.25) is 4.99 Å². The van der Waals surface area contributed by atoms with E-state index in [0.717, 1.165) is 56.5 Å². The highest BCUT2D eigenvalue weighted by molar-refractivity contribution is 14.0. The van der Waals surface area contributed by atoms with Crippen LogP contribution in [0.1, 0.15) is 18.4 Å². The van der Waals surface area contributed by atoms with Crippen molar-refractivity contribution in [2.75, 3.05) is 54.0 Å². The fraction of sp³-hybridized carbons (Fsp3) is 0.545. The lowest BCUT2D eigenvalue weighted by Gasteiger charge is -2.32. The number of ether oxygens (including phenoxy) is 1. The number of hydrogen-bond donors (Lipinski definition) is 1. The molecule has 1 N–H and O–H groups in total. The van der Waals surface area contributed by atoms with Crippen molar-refractivity contribution >= 4 is 29.9 Å². The highest BCUT2D eigenvalue weighted by atomic mass is 127. The van der Waals surface area contributed by atoms with Crippen LogP contribution in [0.2, 0.25) is 0 Å². The first-order valence-electron chi connectivity index (χ1n) is 10.4. The molecule has 1 aliphatic heterocycles. The van der Waals surface area contributed by atoms with Crippen LogP contribution in [0.15, 0.2) is 47.7 Å². The van der Waals surface area contributed by atoms with Gasteiger partial charge in [0.2, 0.25) is 0 Å². The average molecular weight is 526 g/mol. The molecular weight excluding hydrogens is 491 g/mol. The van der Waals surface area contributed by atoms with E-state index in [1.165, 1.54) is 12.8 Å². The molecule has 0 spiro atoms. The minimum atomic E-state index is 0. The van der Waals surface area contributed by atoms with Gasteiger partial charge < -0.3 is 19.9 Å². The van der Waals surface area contributed by atoms with E-state index in [2.05, 4.69) is 50.6 Å². The van der Waals surface area contributed by atoms with Gasteiger partial charge in [0.1, 0.15) is 0 Å². The molecule has 1 aromatic heterocycles. The first kappa shape index (κ1) is 24.6. The zero-order valence-corrected chi connectivity index (χ0v) is 20.7. The van der Waals surface area contributed by atoms with E-state index >= 15 is 0 Å². The molecule has 1 saturated heterocycles. The maximum atomic E-state index is 5.19. The van der Waals surface area contributed by atoms with Crippen molar-refractivity contribution in [3.8, 4) is 5.69 Å². The van der Waals surface area contributed by atoms with Crippen molar-refractivity contribution in [2.24, 2.45) is 10.9 Å². The van der Waals surface area contributed by atoms with Crippen molar-refractivity contribution in [3.05, 3.63) is 48.3 Å². The van der Waals surface area contributed by atoms with Crippen LogP contribution in [0.4, 0.5) is 0 Å². The number of likely N-dealkylation sites (tertiary alicyclic amines) is 1. The Kier molecular flexibility index (Phi) is 10.6. The lowest BCUT2D eigenvalue weighted by atomic mass is 9.97. The number of benzene rings is 1. The van der Waals surface area contributed by atoms with Crippen LogP contribution >= 0.6 is 24.0 Å². The summed E-state index contributed by atoms with van der Waals surface area (Å²) in [5, 5.41) is 8.05. The molecule has 1 aliphatic rings. The molecule has 2 heterocycles. The van der Waals surface area contributed by atoms with E-state index < -0.39 is 0 Å². The summed E-state index contributed by atoms with van der Waals surface area (Å²) in [4.78, 5) is 9.11. The zero-order valence-electron chi connectivity index (χ0n) is 18.3. The molecule has 1 fully saturated rings. The molecule has 0 aliphatic carbocycles. The highest BCUT2D eigenvalue weighted by Crippen LogP contribution is 2.16. The third kappa shape index (κ3) is 7.24. The van der Waals surface area contributed by atoms with Crippen LogP contribution in [0, 0.1) is 5.92 Å². The summed E-state index contributed by atoms with van der Waals surface area (Å²) in [5.74, 6) is 1.62. The predicted octanol–water partition coefficient (Wildman–Crippen LogP) is 2.86. The molecule has 2 aromatic rings. The van der Waals surface area contributed by atoms with Crippen LogP contribution in [-0.2, 0) is 11.3 Å². The van der Waals surface area contributed by atoms with Crippen molar-refractivity contribution in [3.63, 3.8) is 0 Å². The number of aliphatic imine (C=N–C) groups is 1. The molecule has 3 rings (SSSR count). The van der Waals surface area contributed by atoms with E-state index in [4.69, 9.17) is 4.74 Å². The first-order chi connectivity index (χ1) is 14.2. The fourth-order valence-corrected chi connectivity index (χ4v) is 3.77. The molecule has 0 amide bonds. The molecule has 1 aromatic carbocycles.